The highest BCUT2D eigenvalue weighted by molar-refractivity contribution is 9.10. The molecule has 24 heavy (non-hydrogen) atoms. The maximum Gasteiger partial charge on any atom is 0.255 e. The van der Waals surface area contributed by atoms with E-state index in [1.807, 2.05) is 4.90 Å². The van der Waals surface area contributed by atoms with E-state index in [0.29, 0.717) is 16.1 Å². The molecule has 7 heteroatoms. The van der Waals surface area contributed by atoms with Crippen LogP contribution in [0.2, 0.25) is 0 Å². The third-order valence-corrected chi connectivity index (χ3v) is 6.65. The highest BCUT2D eigenvalue weighted by atomic mass is 79.9. The van der Waals surface area contributed by atoms with Gasteiger partial charge in [-0.15, -0.1) is 0 Å². The fourth-order valence-electron chi connectivity index (χ4n) is 3.49. The van der Waals surface area contributed by atoms with E-state index >= 15 is 0 Å². The minimum atomic E-state index is -3.83. The van der Waals surface area contributed by atoms with Crippen LogP contribution >= 0.6 is 15.9 Å². The normalized spacial score (nSPS) is 24.6. The molecule has 0 spiro atoms. The van der Waals surface area contributed by atoms with E-state index in [0.717, 1.165) is 44.4 Å². The van der Waals surface area contributed by atoms with Crippen LogP contribution in [0, 0.1) is 5.92 Å². The van der Waals surface area contributed by atoms with Gasteiger partial charge in [0.25, 0.3) is 5.91 Å². The van der Waals surface area contributed by atoms with Crippen molar-refractivity contribution in [1.29, 1.82) is 0 Å². The number of primary sulfonamides is 1. The Balaban J connectivity index is 1.91. The van der Waals surface area contributed by atoms with E-state index in [1.165, 1.54) is 12.1 Å². The summed E-state index contributed by atoms with van der Waals surface area (Å²) in [5, 5.41) is 5.21. The molecule has 1 aromatic carbocycles. The predicted octanol–water partition coefficient (Wildman–Crippen LogP) is 3.28. The van der Waals surface area contributed by atoms with Gasteiger partial charge in [0.15, 0.2) is 0 Å². The zero-order valence-corrected chi connectivity index (χ0v) is 16.1. The molecule has 0 saturated heterocycles. The number of hydrogen-bond acceptors (Lipinski definition) is 3. The molecule has 0 heterocycles. The lowest BCUT2D eigenvalue weighted by atomic mass is 9.86. The van der Waals surface area contributed by atoms with E-state index in [9.17, 15) is 13.2 Å². The Kier molecular flexibility index (Phi) is 5.04. The number of amides is 1. The van der Waals surface area contributed by atoms with Crippen molar-refractivity contribution in [2.45, 2.75) is 62.4 Å². The lowest BCUT2D eigenvalue weighted by Gasteiger charge is -2.36. The monoisotopic (exact) mass is 414 g/mol. The molecular formula is C17H23BrN2O3S. The minimum absolute atomic E-state index is 0.0259. The van der Waals surface area contributed by atoms with Gasteiger partial charge in [-0.1, -0.05) is 6.92 Å². The summed E-state index contributed by atoms with van der Waals surface area (Å²) in [6, 6.07) is 4.94. The van der Waals surface area contributed by atoms with Crippen LogP contribution in [0.1, 0.15) is 55.8 Å². The number of nitrogens with two attached hydrogens (primary N) is 1. The average Bonchev–Trinajstić information content (AvgIpc) is 3.33. The highest BCUT2D eigenvalue weighted by Gasteiger charge is 2.39. The second-order valence-electron chi connectivity index (χ2n) is 7.04. The molecule has 3 rings (SSSR count). The zero-order chi connectivity index (χ0) is 17.5. The average molecular weight is 415 g/mol. The molecule has 2 saturated carbocycles. The van der Waals surface area contributed by atoms with Crippen molar-refractivity contribution in [2.24, 2.45) is 11.1 Å². The van der Waals surface area contributed by atoms with E-state index in [-0.39, 0.29) is 16.8 Å². The van der Waals surface area contributed by atoms with Crippen molar-refractivity contribution in [3.05, 3.63) is 28.2 Å². The first-order valence-corrected chi connectivity index (χ1v) is 10.8. The molecule has 2 N–H and O–H groups in total. The summed E-state index contributed by atoms with van der Waals surface area (Å²) in [5.41, 5.74) is 0.382. The number of carbonyl (C=O) groups is 1. The summed E-state index contributed by atoms with van der Waals surface area (Å²) < 4.78 is 23.8. The maximum atomic E-state index is 13.2. The number of sulfonamides is 1. The summed E-state index contributed by atoms with van der Waals surface area (Å²) in [6.45, 7) is 2.26. The first kappa shape index (κ1) is 17.9. The molecule has 2 fully saturated rings. The van der Waals surface area contributed by atoms with E-state index in [1.54, 1.807) is 6.07 Å². The van der Waals surface area contributed by atoms with Crippen LogP contribution in [0.3, 0.4) is 0 Å². The van der Waals surface area contributed by atoms with Gasteiger partial charge >= 0.3 is 0 Å². The summed E-state index contributed by atoms with van der Waals surface area (Å²) in [7, 11) is -3.83. The van der Waals surface area contributed by atoms with Crippen molar-refractivity contribution in [1.82, 2.24) is 4.90 Å². The van der Waals surface area contributed by atoms with E-state index in [2.05, 4.69) is 22.9 Å². The summed E-state index contributed by atoms with van der Waals surface area (Å²) >= 11 is 3.39. The second-order valence-corrected chi connectivity index (χ2v) is 9.46. The van der Waals surface area contributed by atoms with Gasteiger partial charge in [-0.2, -0.15) is 0 Å². The molecule has 132 valence electrons. The Hall–Kier alpha value is -0.920. The fraction of sp³-hybridized carbons (Fsp3) is 0.588. The van der Waals surface area contributed by atoms with Gasteiger partial charge in [0, 0.05) is 16.6 Å². The highest BCUT2D eigenvalue weighted by Crippen LogP contribution is 2.37. The third kappa shape index (κ3) is 3.83. The lowest BCUT2D eigenvalue weighted by Crippen LogP contribution is -2.44. The van der Waals surface area contributed by atoms with Crippen molar-refractivity contribution in [3.63, 3.8) is 0 Å². The number of nitrogens with zero attached hydrogens (tertiary/aromatic N) is 1. The van der Waals surface area contributed by atoms with Crippen LogP contribution in [0.4, 0.5) is 0 Å². The lowest BCUT2D eigenvalue weighted by molar-refractivity contribution is 0.0592. The zero-order valence-electron chi connectivity index (χ0n) is 13.7. The van der Waals surface area contributed by atoms with Crippen molar-refractivity contribution in [2.75, 3.05) is 0 Å². The molecule has 0 atom stereocenters. The molecule has 5 nitrogen and oxygen atoms in total. The Bertz CT molecular complexity index is 738. The molecule has 2 aliphatic carbocycles. The largest absolute Gasteiger partial charge is 0.333 e. The quantitative estimate of drug-likeness (QED) is 0.820. The predicted molar refractivity (Wildman–Crippen MR) is 96.1 cm³/mol. The molecule has 1 aromatic rings. The molecule has 0 aromatic heterocycles. The molecule has 0 unspecified atom stereocenters. The van der Waals surface area contributed by atoms with Gasteiger partial charge in [0.2, 0.25) is 10.0 Å². The molecule has 1 amide bonds. The second kappa shape index (κ2) is 6.77. The molecular weight excluding hydrogens is 392 g/mol. The van der Waals surface area contributed by atoms with Gasteiger partial charge in [-0.05, 0) is 78.6 Å². The summed E-state index contributed by atoms with van der Waals surface area (Å²) in [6.07, 6.45) is 6.39. The molecule has 0 radical (unpaired) electrons. The SMILES string of the molecule is CC1CCC(N(C(=O)c2cc(S(N)(=O)=O)ccc2Br)C2CC2)CC1. The number of benzene rings is 1. The first-order valence-electron chi connectivity index (χ1n) is 8.42. The smallest absolute Gasteiger partial charge is 0.255 e. The van der Waals surface area contributed by atoms with Crippen LogP contribution in [-0.4, -0.2) is 31.3 Å². The number of rotatable bonds is 4. The van der Waals surface area contributed by atoms with Crippen molar-refractivity contribution >= 4 is 31.9 Å². The topological polar surface area (TPSA) is 80.5 Å². The van der Waals surface area contributed by atoms with Gasteiger partial charge in [-0.3, -0.25) is 4.79 Å². The number of halogens is 1. The van der Waals surface area contributed by atoms with Crippen LogP contribution in [-0.2, 0) is 10.0 Å². The molecule has 0 aliphatic heterocycles. The summed E-state index contributed by atoms with van der Waals surface area (Å²) in [5.74, 6) is 0.629. The van der Waals surface area contributed by atoms with Crippen molar-refractivity contribution < 1.29 is 13.2 Å². The van der Waals surface area contributed by atoms with E-state index < -0.39 is 10.0 Å². The van der Waals surface area contributed by atoms with Crippen LogP contribution in [0.25, 0.3) is 0 Å². The Morgan fingerprint density at radius 1 is 1.12 bits per heavy atom. The Labute approximate surface area is 151 Å². The Morgan fingerprint density at radius 3 is 2.17 bits per heavy atom. The van der Waals surface area contributed by atoms with Crippen molar-refractivity contribution in [3.8, 4) is 0 Å². The fourth-order valence-corrected chi connectivity index (χ4v) is 4.44. The minimum Gasteiger partial charge on any atom is -0.333 e. The van der Waals surface area contributed by atoms with Crippen LogP contribution in [0.5, 0.6) is 0 Å². The van der Waals surface area contributed by atoms with Gasteiger partial charge in [0.1, 0.15) is 0 Å². The van der Waals surface area contributed by atoms with Crippen LogP contribution in [0.15, 0.2) is 27.6 Å². The van der Waals surface area contributed by atoms with Gasteiger partial charge in [-0.25, -0.2) is 13.6 Å². The van der Waals surface area contributed by atoms with E-state index in [4.69, 9.17) is 5.14 Å². The number of carbonyl (C=O) groups excluding carboxylic acids is 1. The van der Waals surface area contributed by atoms with Gasteiger partial charge in [0.05, 0.1) is 10.5 Å². The van der Waals surface area contributed by atoms with Gasteiger partial charge < -0.3 is 4.90 Å². The first-order chi connectivity index (χ1) is 11.3. The molecule has 0 bridgehead atoms. The number of hydrogen-bond donors (Lipinski definition) is 1. The van der Waals surface area contributed by atoms with Crippen LogP contribution < -0.4 is 5.14 Å². The Morgan fingerprint density at radius 2 is 1.67 bits per heavy atom. The summed E-state index contributed by atoms with van der Waals surface area (Å²) in [4.78, 5) is 15.1. The third-order valence-electron chi connectivity index (χ3n) is 5.05. The maximum absolute atomic E-state index is 13.2. The standard InChI is InChI=1S/C17H23BrN2O3S/c1-11-2-4-12(5-3-11)20(13-6-7-13)17(21)15-10-14(24(19,22)23)8-9-16(15)18/h8-13H,2-7H2,1H3,(H2,19,22,23). The molecule has 2 aliphatic rings.